The van der Waals surface area contributed by atoms with Gasteiger partial charge in [0.2, 0.25) is 0 Å². The molecule has 1 unspecified atom stereocenters. The quantitative estimate of drug-likeness (QED) is 0.537. The van der Waals surface area contributed by atoms with Crippen LogP contribution in [0.4, 0.5) is 0 Å². The van der Waals surface area contributed by atoms with Gasteiger partial charge in [0, 0.05) is 13.0 Å². The van der Waals surface area contributed by atoms with Crippen LogP contribution in [0.1, 0.15) is 26.2 Å². The van der Waals surface area contributed by atoms with Crippen molar-refractivity contribution in [2.24, 2.45) is 0 Å². The Hall–Kier alpha value is -0.0800. The van der Waals surface area contributed by atoms with Gasteiger partial charge in [0.05, 0.1) is 6.61 Å². The van der Waals surface area contributed by atoms with E-state index >= 15 is 0 Å². The van der Waals surface area contributed by atoms with Gasteiger partial charge in [0.1, 0.15) is 0 Å². The second-order valence-corrected chi connectivity index (χ2v) is 2.31. The van der Waals surface area contributed by atoms with Gasteiger partial charge in [-0.05, 0) is 6.42 Å². The molecule has 1 aliphatic heterocycles. The van der Waals surface area contributed by atoms with E-state index in [-0.39, 0.29) is 6.29 Å². The molecule has 0 aliphatic carbocycles. The molecule has 0 N–H and O–H groups in total. The van der Waals surface area contributed by atoms with Crippen molar-refractivity contribution in [3.05, 3.63) is 0 Å². The smallest absolute Gasteiger partial charge is 0.159 e. The third-order valence-electron chi connectivity index (χ3n) is 1.46. The van der Waals surface area contributed by atoms with E-state index in [0.29, 0.717) is 0 Å². The van der Waals surface area contributed by atoms with Gasteiger partial charge in [-0.2, -0.15) is 0 Å². The van der Waals surface area contributed by atoms with Crippen LogP contribution in [0, 0.1) is 0 Å². The van der Waals surface area contributed by atoms with Crippen molar-refractivity contribution >= 4 is 0 Å². The summed E-state index contributed by atoms with van der Waals surface area (Å²) in [4.78, 5) is 0. The number of unbranched alkanes of at least 4 members (excludes halogenated alkanes) is 1. The van der Waals surface area contributed by atoms with Crippen LogP contribution in [0.15, 0.2) is 0 Å². The highest BCUT2D eigenvalue weighted by Crippen LogP contribution is 2.12. The van der Waals surface area contributed by atoms with Gasteiger partial charge >= 0.3 is 0 Å². The van der Waals surface area contributed by atoms with Crippen LogP contribution in [0.5, 0.6) is 0 Å². The Morgan fingerprint density at radius 2 is 2.44 bits per heavy atom. The van der Waals surface area contributed by atoms with E-state index in [4.69, 9.17) is 9.47 Å². The second kappa shape index (κ2) is 3.85. The van der Waals surface area contributed by atoms with E-state index in [2.05, 4.69) is 6.92 Å². The lowest BCUT2D eigenvalue weighted by Gasteiger charge is -2.25. The summed E-state index contributed by atoms with van der Waals surface area (Å²) in [5, 5.41) is 0. The molecule has 1 atom stereocenters. The molecule has 0 amide bonds. The average molecular weight is 130 g/mol. The highest BCUT2D eigenvalue weighted by Gasteiger charge is 2.17. The SMILES string of the molecule is CCCCOC1CCO1. The summed E-state index contributed by atoms with van der Waals surface area (Å²) in [5.74, 6) is 0. The van der Waals surface area contributed by atoms with Gasteiger partial charge < -0.3 is 9.47 Å². The molecule has 1 aliphatic rings. The molecule has 0 spiro atoms. The summed E-state index contributed by atoms with van der Waals surface area (Å²) in [6.07, 6.45) is 3.58. The minimum absolute atomic E-state index is 0.136. The maximum Gasteiger partial charge on any atom is 0.159 e. The molecule has 0 saturated carbocycles. The average Bonchev–Trinajstić information content (AvgIpc) is 1.76. The fourth-order valence-electron chi connectivity index (χ4n) is 0.705. The zero-order chi connectivity index (χ0) is 6.53. The predicted molar refractivity (Wildman–Crippen MR) is 35.2 cm³/mol. The van der Waals surface area contributed by atoms with Crippen molar-refractivity contribution < 1.29 is 9.47 Å². The van der Waals surface area contributed by atoms with E-state index < -0.39 is 0 Å². The Balaban J connectivity index is 1.80. The van der Waals surface area contributed by atoms with Crippen molar-refractivity contribution in [3.63, 3.8) is 0 Å². The van der Waals surface area contributed by atoms with E-state index in [0.717, 1.165) is 26.1 Å². The summed E-state index contributed by atoms with van der Waals surface area (Å²) in [7, 11) is 0. The first-order chi connectivity index (χ1) is 4.43. The second-order valence-electron chi connectivity index (χ2n) is 2.31. The summed E-state index contributed by atoms with van der Waals surface area (Å²) >= 11 is 0. The zero-order valence-electron chi connectivity index (χ0n) is 5.93. The molecule has 54 valence electrons. The van der Waals surface area contributed by atoms with Gasteiger partial charge in [0.25, 0.3) is 0 Å². The Morgan fingerprint density at radius 3 is 2.89 bits per heavy atom. The van der Waals surface area contributed by atoms with Crippen molar-refractivity contribution in [1.29, 1.82) is 0 Å². The Labute approximate surface area is 56.2 Å². The molecule has 1 rings (SSSR count). The minimum Gasteiger partial charge on any atom is -0.353 e. The van der Waals surface area contributed by atoms with Gasteiger partial charge in [-0.1, -0.05) is 13.3 Å². The largest absolute Gasteiger partial charge is 0.353 e. The molecule has 1 heterocycles. The van der Waals surface area contributed by atoms with Crippen molar-refractivity contribution in [3.8, 4) is 0 Å². The fourth-order valence-corrected chi connectivity index (χ4v) is 0.705. The highest BCUT2D eigenvalue weighted by atomic mass is 16.7. The van der Waals surface area contributed by atoms with Crippen LogP contribution in [0.3, 0.4) is 0 Å². The molecule has 0 aromatic rings. The lowest BCUT2D eigenvalue weighted by atomic mass is 10.3. The van der Waals surface area contributed by atoms with Gasteiger partial charge in [0.15, 0.2) is 6.29 Å². The van der Waals surface area contributed by atoms with Gasteiger partial charge in [-0.25, -0.2) is 0 Å². The Bertz CT molecular complexity index is 69.3. The van der Waals surface area contributed by atoms with E-state index in [1.54, 1.807) is 0 Å². The number of hydrogen-bond donors (Lipinski definition) is 0. The summed E-state index contributed by atoms with van der Waals surface area (Å²) in [6.45, 7) is 3.91. The highest BCUT2D eigenvalue weighted by molar-refractivity contribution is 4.53. The van der Waals surface area contributed by atoms with Crippen LogP contribution in [0.2, 0.25) is 0 Å². The van der Waals surface area contributed by atoms with Crippen LogP contribution < -0.4 is 0 Å². The molecule has 9 heavy (non-hydrogen) atoms. The fraction of sp³-hybridized carbons (Fsp3) is 1.00. The van der Waals surface area contributed by atoms with Crippen LogP contribution in [0.25, 0.3) is 0 Å². The summed E-state index contributed by atoms with van der Waals surface area (Å²) in [6, 6.07) is 0. The molecule has 0 aromatic carbocycles. The van der Waals surface area contributed by atoms with E-state index in [1.165, 1.54) is 6.42 Å². The predicted octanol–water partition coefficient (Wildman–Crippen LogP) is 1.55. The van der Waals surface area contributed by atoms with Crippen LogP contribution >= 0.6 is 0 Å². The van der Waals surface area contributed by atoms with Crippen LogP contribution in [-0.4, -0.2) is 19.5 Å². The van der Waals surface area contributed by atoms with Crippen molar-refractivity contribution in [2.45, 2.75) is 32.5 Å². The maximum absolute atomic E-state index is 5.30. The molecule has 0 bridgehead atoms. The number of rotatable bonds is 4. The first-order valence-corrected chi connectivity index (χ1v) is 3.66. The monoisotopic (exact) mass is 130 g/mol. The Morgan fingerprint density at radius 1 is 1.67 bits per heavy atom. The minimum atomic E-state index is 0.136. The summed E-state index contributed by atoms with van der Waals surface area (Å²) in [5.41, 5.74) is 0. The molecule has 1 fully saturated rings. The van der Waals surface area contributed by atoms with Crippen molar-refractivity contribution in [1.82, 2.24) is 0 Å². The third-order valence-corrected chi connectivity index (χ3v) is 1.46. The molecular weight excluding hydrogens is 116 g/mol. The maximum atomic E-state index is 5.30. The number of ether oxygens (including phenoxy) is 2. The number of hydrogen-bond acceptors (Lipinski definition) is 2. The molecule has 2 nitrogen and oxygen atoms in total. The molecule has 0 aromatic heterocycles. The van der Waals surface area contributed by atoms with Gasteiger partial charge in [-0.3, -0.25) is 0 Å². The lowest BCUT2D eigenvalue weighted by Crippen LogP contribution is -2.29. The molecule has 0 radical (unpaired) electrons. The summed E-state index contributed by atoms with van der Waals surface area (Å²) < 4.78 is 10.4. The molecule has 2 heteroatoms. The van der Waals surface area contributed by atoms with Crippen LogP contribution in [-0.2, 0) is 9.47 Å². The normalized spacial score (nSPS) is 25.7. The van der Waals surface area contributed by atoms with Gasteiger partial charge in [-0.15, -0.1) is 0 Å². The first-order valence-electron chi connectivity index (χ1n) is 3.66. The topological polar surface area (TPSA) is 18.5 Å². The lowest BCUT2D eigenvalue weighted by molar-refractivity contribution is -0.214. The van der Waals surface area contributed by atoms with Crippen molar-refractivity contribution in [2.75, 3.05) is 13.2 Å². The first kappa shape index (κ1) is 7.03. The Kier molecular flexibility index (Phi) is 3.01. The molecule has 1 saturated heterocycles. The van der Waals surface area contributed by atoms with E-state index in [9.17, 15) is 0 Å². The van der Waals surface area contributed by atoms with E-state index in [1.807, 2.05) is 0 Å². The standard InChI is InChI=1S/C7H14O2/c1-2-3-5-8-7-4-6-9-7/h7H,2-6H2,1H3. The zero-order valence-corrected chi connectivity index (χ0v) is 5.93. The third kappa shape index (κ3) is 2.33. The molecular formula is C7H14O2.